The summed E-state index contributed by atoms with van der Waals surface area (Å²) in [7, 11) is 1.61. The van der Waals surface area contributed by atoms with Crippen LogP contribution in [0.15, 0.2) is 23.3 Å². The van der Waals surface area contributed by atoms with Crippen molar-refractivity contribution in [3.8, 4) is 0 Å². The van der Waals surface area contributed by atoms with Crippen LogP contribution in [0.1, 0.15) is 15.9 Å². The van der Waals surface area contributed by atoms with Crippen molar-refractivity contribution in [1.29, 1.82) is 0 Å². The van der Waals surface area contributed by atoms with E-state index in [1.165, 1.54) is 5.01 Å². The molecule has 8 heteroatoms. The summed E-state index contributed by atoms with van der Waals surface area (Å²) in [6.07, 6.45) is 0. The van der Waals surface area contributed by atoms with Gasteiger partial charge in [0, 0.05) is 37.0 Å². The van der Waals surface area contributed by atoms with Gasteiger partial charge in [-0.25, -0.2) is 5.84 Å². The Morgan fingerprint density at radius 2 is 1.90 bits per heavy atom. The van der Waals surface area contributed by atoms with Gasteiger partial charge in [-0.2, -0.15) is 5.10 Å². The zero-order chi connectivity index (χ0) is 15.4. The standard InChI is InChI=1S/C13H20N6O2/c1-18(16)12(17-15)9-6-10(8-11(14)7-9)13(20)19-2-4-21-5-3-19/h6-8H,2-5,14-16H2,1H3/b17-12-. The molecule has 21 heavy (non-hydrogen) atoms. The predicted octanol–water partition coefficient (Wildman–Crippen LogP) is -0.833. The molecule has 114 valence electrons. The number of hydrogen-bond acceptors (Lipinski definition) is 6. The molecule has 1 saturated heterocycles. The summed E-state index contributed by atoms with van der Waals surface area (Å²) < 4.78 is 5.24. The molecule has 1 aliphatic rings. The largest absolute Gasteiger partial charge is 0.399 e. The first kappa shape index (κ1) is 15.1. The van der Waals surface area contributed by atoms with Gasteiger partial charge in [-0.1, -0.05) is 0 Å². The molecule has 8 nitrogen and oxygen atoms in total. The van der Waals surface area contributed by atoms with Gasteiger partial charge in [-0.05, 0) is 18.2 Å². The third-order valence-electron chi connectivity index (χ3n) is 3.22. The zero-order valence-corrected chi connectivity index (χ0v) is 12.0. The fourth-order valence-corrected chi connectivity index (χ4v) is 2.22. The quantitative estimate of drug-likeness (QED) is 0.215. The monoisotopic (exact) mass is 292 g/mol. The van der Waals surface area contributed by atoms with E-state index in [4.69, 9.17) is 22.2 Å². The van der Waals surface area contributed by atoms with Crippen LogP contribution in [-0.2, 0) is 4.74 Å². The number of nitrogens with zero attached hydrogens (tertiary/aromatic N) is 3. The number of hydrazine groups is 1. The van der Waals surface area contributed by atoms with Crippen LogP contribution in [0.4, 0.5) is 5.69 Å². The van der Waals surface area contributed by atoms with Crippen molar-refractivity contribution < 1.29 is 9.53 Å². The second kappa shape index (κ2) is 6.42. The Morgan fingerprint density at radius 1 is 1.29 bits per heavy atom. The summed E-state index contributed by atoms with van der Waals surface area (Å²) in [6.45, 7) is 2.22. The van der Waals surface area contributed by atoms with Crippen LogP contribution in [-0.4, -0.2) is 55.0 Å². The lowest BCUT2D eigenvalue weighted by atomic mass is 10.1. The molecule has 0 aromatic heterocycles. The summed E-state index contributed by atoms with van der Waals surface area (Å²) >= 11 is 0. The van der Waals surface area contributed by atoms with Gasteiger partial charge >= 0.3 is 0 Å². The van der Waals surface area contributed by atoms with Gasteiger partial charge in [0.25, 0.3) is 5.91 Å². The number of carbonyl (C=O) groups is 1. The molecule has 0 aliphatic carbocycles. The van der Waals surface area contributed by atoms with E-state index in [2.05, 4.69) is 5.10 Å². The molecule has 0 radical (unpaired) electrons. The molecule has 0 unspecified atom stereocenters. The highest BCUT2D eigenvalue weighted by molar-refractivity contribution is 6.03. The van der Waals surface area contributed by atoms with E-state index in [1.807, 2.05) is 0 Å². The van der Waals surface area contributed by atoms with E-state index in [0.717, 1.165) is 0 Å². The van der Waals surface area contributed by atoms with Crippen molar-refractivity contribution in [3.63, 3.8) is 0 Å². The van der Waals surface area contributed by atoms with Gasteiger partial charge in [-0.15, -0.1) is 0 Å². The molecule has 1 fully saturated rings. The third kappa shape index (κ3) is 3.41. The number of nitrogen functional groups attached to an aromatic ring is 1. The van der Waals surface area contributed by atoms with Crippen LogP contribution in [0.2, 0.25) is 0 Å². The Kier molecular flexibility index (Phi) is 4.61. The summed E-state index contributed by atoms with van der Waals surface area (Å²) in [4.78, 5) is 14.2. The summed E-state index contributed by atoms with van der Waals surface area (Å²) in [5.74, 6) is 11.3. The minimum atomic E-state index is -0.0945. The smallest absolute Gasteiger partial charge is 0.254 e. The number of hydrogen-bond donors (Lipinski definition) is 3. The third-order valence-corrected chi connectivity index (χ3v) is 3.22. The maximum Gasteiger partial charge on any atom is 0.254 e. The second-order valence-electron chi connectivity index (χ2n) is 4.81. The Labute approximate surface area is 123 Å². The number of nitrogens with two attached hydrogens (primary N) is 3. The first-order valence-electron chi connectivity index (χ1n) is 6.57. The van der Waals surface area contributed by atoms with Gasteiger partial charge < -0.3 is 21.2 Å². The molecule has 1 aromatic rings. The number of hydrazone groups is 1. The fraction of sp³-hybridized carbons (Fsp3) is 0.385. The highest BCUT2D eigenvalue weighted by atomic mass is 16.5. The van der Waals surface area contributed by atoms with Crippen LogP contribution < -0.4 is 17.4 Å². The maximum absolute atomic E-state index is 12.5. The van der Waals surface area contributed by atoms with E-state index in [1.54, 1.807) is 30.1 Å². The van der Waals surface area contributed by atoms with E-state index < -0.39 is 0 Å². The maximum atomic E-state index is 12.5. The van der Waals surface area contributed by atoms with Gasteiger partial charge in [0.1, 0.15) is 0 Å². The molecule has 0 saturated carbocycles. The first-order chi connectivity index (χ1) is 10.0. The lowest BCUT2D eigenvalue weighted by Crippen LogP contribution is -2.41. The molecular formula is C13H20N6O2. The van der Waals surface area contributed by atoms with Crippen LogP contribution in [0, 0.1) is 0 Å². The number of benzene rings is 1. The Bertz CT molecular complexity index is 552. The molecule has 1 amide bonds. The van der Waals surface area contributed by atoms with Crippen molar-refractivity contribution in [2.75, 3.05) is 39.1 Å². The highest BCUT2D eigenvalue weighted by Gasteiger charge is 2.20. The number of amides is 1. The number of anilines is 1. The van der Waals surface area contributed by atoms with E-state index in [0.29, 0.717) is 49.0 Å². The minimum Gasteiger partial charge on any atom is -0.399 e. The van der Waals surface area contributed by atoms with Crippen molar-refractivity contribution in [2.45, 2.75) is 0 Å². The summed E-state index contributed by atoms with van der Waals surface area (Å²) in [5, 5.41) is 4.90. The van der Waals surface area contributed by atoms with Gasteiger partial charge in [-0.3, -0.25) is 9.80 Å². The molecule has 0 atom stereocenters. The van der Waals surface area contributed by atoms with Gasteiger partial charge in [0.15, 0.2) is 5.84 Å². The molecule has 0 bridgehead atoms. The van der Waals surface area contributed by atoms with Crippen molar-refractivity contribution in [1.82, 2.24) is 9.91 Å². The predicted molar refractivity (Wildman–Crippen MR) is 80.3 cm³/mol. The van der Waals surface area contributed by atoms with Gasteiger partial charge in [0.05, 0.1) is 13.2 Å². The second-order valence-corrected chi connectivity index (χ2v) is 4.81. The Morgan fingerprint density at radius 3 is 2.48 bits per heavy atom. The molecule has 1 aliphatic heterocycles. The fourth-order valence-electron chi connectivity index (χ4n) is 2.22. The van der Waals surface area contributed by atoms with Crippen LogP contribution in [0.3, 0.4) is 0 Å². The SMILES string of the molecule is CN(N)/C(=N\N)c1cc(N)cc(C(=O)N2CCOCC2)c1. The van der Waals surface area contributed by atoms with Gasteiger partial charge in [0.2, 0.25) is 0 Å². The number of amidine groups is 1. The average Bonchev–Trinajstić information content (AvgIpc) is 2.47. The van der Waals surface area contributed by atoms with Crippen LogP contribution in [0.25, 0.3) is 0 Å². The topological polar surface area (TPSA) is 123 Å². The summed E-state index contributed by atoms with van der Waals surface area (Å²) in [5.41, 5.74) is 7.40. The molecule has 1 aromatic carbocycles. The van der Waals surface area contributed by atoms with E-state index in [-0.39, 0.29) is 5.91 Å². The normalized spacial score (nSPS) is 15.9. The average molecular weight is 292 g/mol. The molecule has 6 N–H and O–H groups in total. The molecule has 0 spiro atoms. The van der Waals surface area contributed by atoms with E-state index in [9.17, 15) is 4.79 Å². The molecule has 1 heterocycles. The van der Waals surface area contributed by atoms with Crippen molar-refractivity contribution >= 4 is 17.4 Å². The zero-order valence-electron chi connectivity index (χ0n) is 12.0. The van der Waals surface area contributed by atoms with Crippen molar-refractivity contribution in [2.24, 2.45) is 16.8 Å². The minimum absolute atomic E-state index is 0.0945. The summed E-state index contributed by atoms with van der Waals surface area (Å²) in [6, 6.07) is 4.99. The Balaban J connectivity index is 2.32. The van der Waals surface area contributed by atoms with Crippen molar-refractivity contribution in [3.05, 3.63) is 29.3 Å². The lowest BCUT2D eigenvalue weighted by Gasteiger charge is -2.27. The first-order valence-corrected chi connectivity index (χ1v) is 6.57. The lowest BCUT2D eigenvalue weighted by molar-refractivity contribution is 0.0303. The number of carbonyl (C=O) groups excluding carboxylic acids is 1. The van der Waals surface area contributed by atoms with E-state index >= 15 is 0 Å². The van der Waals surface area contributed by atoms with Crippen LogP contribution >= 0.6 is 0 Å². The molecular weight excluding hydrogens is 272 g/mol. The molecule has 2 rings (SSSR count). The van der Waals surface area contributed by atoms with Crippen LogP contribution in [0.5, 0.6) is 0 Å². The Hall–Kier alpha value is -2.32. The number of morpholine rings is 1. The number of rotatable bonds is 2. The number of ether oxygens (including phenoxy) is 1. The highest BCUT2D eigenvalue weighted by Crippen LogP contribution is 2.16.